The minimum absolute atomic E-state index is 0.0997. The van der Waals surface area contributed by atoms with Crippen LogP contribution >= 0.6 is 11.8 Å². The van der Waals surface area contributed by atoms with Gasteiger partial charge in [-0.2, -0.15) is 0 Å². The van der Waals surface area contributed by atoms with Crippen LogP contribution in [0.2, 0.25) is 0 Å². The fourth-order valence-corrected chi connectivity index (χ4v) is 3.25. The lowest BCUT2D eigenvalue weighted by Crippen LogP contribution is -2.09. The molecule has 2 aromatic rings. The maximum Gasteiger partial charge on any atom is 0.333 e. The number of benzene rings is 2. The molecule has 7 nitrogen and oxygen atoms in total. The number of carbonyl (C=O) groups excluding carboxylic acids is 3. The predicted molar refractivity (Wildman–Crippen MR) is 140 cm³/mol. The molecule has 0 N–H and O–H groups in total. The minimum Gasteiger partial charge on any atom is -0.493 e. The molecule has 0 saturated carbocycles. The monoisotopic (exact) mass is 510 g/mol. The van der Waals surface area contributed by atoms with Crippen LogP contribution in [-0.2, 0) is 23.9 Å². The van der Waals surface area contributed by atoms with Crippen LogP contribution in [0.15, 0.2) is 84.3 Å². The molecule has 0 saturated heterocycles. The largest absolute Gasteiger partial charge is 0.493 e. The second kappa shape index (κ2) is 16.0. The molecular weight excluding hydrogens is 480 g/mol. The highest BCUT2D eigenvalue weighted by atomic mass is 32.2. The maximum absolute atomic E-state index is 12.3. The van der Waals surface area contributed by atoms with Crippen molar-refractivity contribution in [2.75, 3.05) is 26.4 Å². The Morgan fingerprint density at radius 3 is 1.94 bits per heavy atom. The van der Waals surface area contributed by atoms with Gasteiger partial charge < -0.3 is 18.9 Å². The van der Waals surface area contributed by atoms with Gasteiger partial charge in [-0.25, -0.2) is 9.59 Å². The van der Waals surface area contributed by atoms with Crippen LogP contribution < -0.4 is 9.47 Å². The van der Waals surface area contributed by atoms with E-state index in [0.717, 1.165) is 28.3 Å². The summed E-state index contributed by atoms with van der Waals surface area (Å²) in [4.78, 5) is 35.3. The first-order valence-electron chi connectivity index (χ1n) is 11.3. The fourth-order valence-electron chi connectivity index (χ4n) is 2.61. The van der Waals surface area contributed by atoms with Crippen molar-refractivity contribution in [1.29, 1.82) is 0 Å². The number of hydrogen-bond acceptors (Lipinski definition) is 8. The molecule has 36 heavy (non-hydrogen) atoms. The molecule has 0 aliphatic carbocycles. The van der Waals surface area contributed by atoms with Crippen molar-refractivity contribution >= 4 is 34.9 Å². The highest BCUT2D eigenvalue weighted by Crippen LogP contribution is 2.23. The summed E-state index contributed by atoms with van der Waals surface area (Å²) in [6.07, 6.45) is 5.53. The van der Waals surface area contributed by atoms with Crippen LogP contribution in [0.3, 0.4) is 0 Å². The lowest BCUT2D eigenvalue weighted by Gasteiger charge is -2.07. The van der Waals surface area contributed by atoms with Gasteiger partial charge in [0, 0.05) is 29.4 Å². The van der Waals surface area contributed by atoms with Crippen molar-refractivity contribution in [1.82, 2.24) is 0 Å². The number of thioether (sulfide) groups is 1. The van der Waals surface area contributed by atoms with Crippen molar-refractivity contribution in [3.05, 3.63) is 85.0 Å². The standard InChI is InChI=1S/C28H30O7S/c1-4-26(29)34-19-5-17-33-24-12-14-25(15-13-24)36-27(30)16-9-22-7-10-23(11-8-22)32-18-6-20-35-28(31)21(2)3/h4,7-16H,1-2,5-6,17-20H2,3H3/b16-9+. The number of esters is 2. The number of ether oxygens (including phenoxy) is 4. The summed E-state index contributed by atoms with van der Waals surface area (Å²) in [5.74, 6) is 0.516. The first kappa shape index (κ1) is 28.5. The fraction of sp³-hybridized carbons (Fsp3) is 0.250. The highest BCUT2D eigenvalue weighted by molar-refractivity contribution is 8.14. The van der Waals surface area contributed by atoms with Gasteiger partial charge in [-0.1, -0.05) is 31.4 Å². The lowest BCUT2D eigenvalue weighted by molar-refractivity contribution is -0.139. The topological polar surface area (TPSA) is 88.1 Å². The molecule has 2 aromatic carbocycles. The Morgan fingerprint density at radius 2 is 1.39 bits per heavy atom. The summed E-state index contributed by atoms with van der Waals surface area (Å²) in [5, 5.41) is -0.0997. The Kier molecular flexibility index (Phi) is 12.6. The van der Waals surface area contributed by atoms with Crippen LogP contribution in [0.25, 0.3) is 6.08 Å². The first-order chi connectivity index (χ1) is 17.4. The molecule has 0 bridgehead atoms. The van der Waals surface area contributed by atoms with E-state index in [9.17, 15) is 14.4 Å². The van der Waals surface area contributed by atoms with Crippen LogP contribution in [-0.4, -0.2) is 43.5 Å². The van der Waals surface area contributed by atoms with Gasteiger partial charge in [-0.3, -0.25) is 4.79 Å². The maximum atomic E-state index is 12.3. The van der Waals surface area contributed by atoms with Crippen LogP contribution in [0.4, 0.5) is 0 Å². The van der Waals surface area contributed by atoms with E-state index in [1.165, 1.54) is 6.08 Å². The van der Waals surface area contributed by atoms with Crippen molar-refractivity contribution in [2.45, 2.75) is 24.7 Å². The summed E-state index contributed by atoms with van der Waals surface area (Å²) in [6.45, 7) is 9.84. The molecule has 0 aliphatic heterocycles. The van der Waals surface area contributed by atoms with Gasteiger partial charge in [0.15, 0.2) is 0 Å². The zero-order chi connectivity index (χ0) is 26.2. The molecule has 0 unspecified atom stereocenters. The van der Waals surface area contributed by atoms with E-state index in [4.69, 9.17) is 18.9 Å². The quantitative estimate of drug-likeness (QED) is 0.136. The average molecular weight is 511 g/mol. The second-order valence-electron chi connectivity index (χ2n) is 7.49. The molecule has 0 aromatic heterocycles. The van der Waals surface area contributed by atoms with Crippen LogP contribution in [0, 0.1) is 0 Å². The molecule has 0 radical (unpaired) electrons. The van der Waals surface area contributed by atoms with Gasteiger partial charge in [-0.05, 0) is 66.7 Å². The molecular formula is C28H30O7S. The zero-order valence-corrected chi connectivity index (χ0v) is 21.1. The summed E-state index contributed by atoms with van der Waals surface area (Å²) >= 11 is 1.12. The van der Waals surface area contributed by atoms with Crippen LogP contribution in [0.1, 0.15) is 25.3 Å². The SMILES string of the molecule is C=CC(=O)OCCCOc1ccc(SC(=O)/C=C/c2ccc(OCCCOC(=O)C(=C)C)cc2)cc1. The van der Waals surface area contributed by atoms with Gasteiger partial charge in [0.1, 0.15) is 11.5 Å². The molecule has 2 rings (SSSR count). The van der Waals surface area contributed by atoms with E-state index in [1.807, 2.05) is 36.4 Å². The Balaban J connectivity index is 1.68. The molecule has 0 spiro atoms. The van der Waals surface area contributed by atoms with E-state index >= 15 is 0 Å². The van der Waals surface area contributed by atoms with E-state index in [0.29, 0.717) is 43.1 Å². The minimum atomic E-state index is -0.450. The van der Waals surface area contributed by atoms with Gasteiger partial charge in [-0.15, -0.1) is 0 Å². The van der Waals surface area contributed by atoms with Gasteiger partial charge in [0.05, 0.1) is 26.4 Å². The zero-order valence-electron chi connectivity index (χ0n) is 20.3. The number of rotatable bonds is 15. The van der Waals surface area contributed by atoms with Crippen molar-refractivity contribution < 1.29 is 33.3 Å². The lowest BCUT2D eigenvalue weighted by atomic mass is 10.2. The molecule has 8 heteroatoms. The Labute approximate surface area is 215 Å². The first-order valence-corrected chi connectivity index (χ1v) is 12.2. The highest BCUT2D eigenvalue weighted by Gasteiger charge is 2.04. The molecule has 190 valence electrons. The Bertz CT molecular complexity index is 1060. The summed E-state index contributed by atoms with van der Waals surface area (Å²) in [7, 11) is 0. The van der Waals surface area contributed by atoms with Gasteiger partial charge >= 0.3 is 11.9 Å². The summed E-state index contributed by atoms with van der Waals surface area (Å²) in [6, 6.07) is 14.6. The van der Waals surface area contributed by atoms with E-state index < -0.39 is 11.9 Å². The smallest absolute Gasteiger partial charge is 0.333 e. The van der Waals surface area contributed by atoms with E-state index in [-0.39, 0.29) is 18.3 Å². The molecule has 0 heterocycles. The third-order valence-corrected chi connectivity index (χ3v) is 5.29. The summed E-state index contributed by atoms with van der Waals surface area (Å²) in [5.41, 5.74) is 1.24. The molecule has 0 amide bonds. The van der Waals surface area contributed by atoms with Gasteiger partial charge in [0.25, 0.3) is 0 Å². The Morgan fingerprint density at radius 1 is 0.833 bits per heavy atom. The molecule has 0 fully saturated rings. The van der Waals surface area contributed by atoms with Gasteiger partial charge in [0.2, 0.25) is 5.12 Å². The van der Waals surface area contributed by atoms with Crippen molar-refractivity contribution in [3.63, 3.8) is 0 Å². The van der Waals surface area contributed by atoms with Crippen molar-refractivity contribution in [2.24, 2.45) is 0 Å². The third kappa shape index (κ3) is 11.6. The predicted octanol–water partition coefficient (Wildman–Crippen LogP) is 5.41. The van der Waals surface area contributed by atoms with E-state index in [2.05, 4.69) is 13.2 Å². The normalized spacial score (nSPS) is 10.5. The summed E-state index contributed by atoms with van der Waals surface area (Å²) < 4.78 is 21.1. The van der Waals surface area contributed by atoms with Crippen LogP contribution in [0.5, 0.6) is 11.5 Å². The van der Waals surface area contributed by atoms with E-state index in [1.54, 1.807) is 25.1 Å². The molecule has 0 atom stereocenters. The third-order valence-electron chi connectivity index (χ3n) is 4.44. The molecule has 0 aliphatic rings. The second-order valence-corrected chi connectivity index (χ2v) is 8.56. The average Bonchev–Trinajstić information content (AvgIpc) is 2.88. The number of carbonyl (C=O) groups is 3. The number of hydrogen-bond donors (Lipinski definition) is 0. The van der Waals surface area contributed by atoms with Crippen molar-refractivity contribution in [3.8, 4) is 11.5 Å². The Hall–Kier alpha value is -3.78.